The van der Waals surface area contributed by atoms with Crippen molar-refractivity contribution >= 4 is 32.7 Å². The van der Waals surface area contributed by atoms with Gasteiger partial charge in [-0.2, -0.15) is 8.42 Å². The highest BCUT2D eigenvalue weighted by atomic mass is 127. The lowest BCUT2D eigenvalue weighted by Crippen LogP contribution is -2.12. The highest BCUT2D eigenvalue weighted by Crippen LogP contribution is 2.13. The Bertz CT molecular complexity index is 384. The summed E-state index contributed by atoms with van der Waals surface area (Å²) in [6, 6.07) is 7.18. The van der Waals surface area contributed by atoms with E-state index in [1.165, 1.54) is 0 Å². The third-order valence-electron chi connectivity index (χ3n) is 1.42. The fourth-order valence-electron chi connectivity index (χ4n) is 0.796. The molecule has 78 valence electrons. The van der Waals surface area contributed by atoms with Crippen molar-refractivity contribution in [1.82, 2.24) is 0 Å². The lowest BCUT2D eigenvalue weighted by atomic mass is 10.3. The van der Waals surface area contributed by atoms with Gasteiger partial charge in [-0.05, 0) is 46.9 Å². The summed E-state index contributed by atoms with van der Waals surface area (Å²) in [5, 5.41) is 0. The molecule has 0 atom stereocenters. The molecule has 4 nitrogen and oxygen atoms in total. The van der Waals surface area contributed by atoms with Crippen LogP contribution in [-0.4, -0.2) is 25.3 Å². The molecule has 0 aromatic heterocycles. The zero-order chi connectivity index (χ0) is 10.6. The summed E-state index contributed by atoms with van der Waals surface area (Å²) in [4.78, 5) is 0. The molecule has 14 heavy (non-hydrogen) atoms. The van der Waals surface area contributed by atoms with Crippen LogP contribution in [0.5, 0.6) is 5.75 Å². The monoisotopic (exact) mass is 328 g/mol. The van der Waals surface area contributed by atoms with E-state index in [2.05, 4.69) is 22.6 Å². The molecule has 1 aromatic carbocycles. The number of rotatable bonds is 4. The molecule has 0 radical (unpaired) electrons. The second kappa shape index (κ2) is 4.94. The minimum absolute atomic E-state index is 0.0422. The van der Waals surface area contributed by atoms with E-state index >= 15 is 0 Å². The van der Waals surface area contributed by atoms with Crippen molar-refractivity contribution in [3.8, 4) is 5.75 Å². The summed E-state index contributed by atoms with van der Waals surface area (Å²) >= 11 is 2.16. The molecule has 0 aliphatic carbocycles. The zero-order valence-corrected chi connectivity index (χ0v) is 10.2. The van der Waals surface area contributed by atoms with Gasteiger partial charge in [0, 0.05) is 3.57 Å². The Morgan fingerprint density at radius 1 is 1.29 bits per heavy atom. The van der Waals surface area contributed by atoms with Crippen LogP contribution >= 0.6 is 22.6 Å². The molecular formula is C8H9IO4S. The van der Waals surface area contributed by atoms with Crippen LogP contribution in [0.25, 0.3) is 0 Å². The average molecular weight is 328 g/mol. The van der Waals surface area contributed by atoms with Crippen molar-refractivity contribution in [3.05, 3.63) is 27.8 Å². The highest BCUT2D eigenvalue weighted by Gasteiger charge is 2.04. The predicted molar refractivity (Wildman–Crippen MR) is 61.1 cm³/mol. The molecule has 0 bridgehead atoms. The van der Waals surface area contributed by atoms with Crippen molar-refractivity contribution in [1.29, 1.82) is 0 Å². The molecule has 6 heteroatoms. The molecule has 0 amide bonds. The van der Waals surface area contributed by atoms with Crippen molar-refractivity contribution in [2.45, 2.75) is 0 Å². The van der Waals surface area contributed by atoms with Gasteiger partial charge in [0.2, 0.25) is 0 Å². The van der Waals surface area contributed by atoms with Gasteiger partial charge in [-0.1, -0.05) is 0 Å². The van der Waals surface area contributed by atoms with Crippen molar-refractivity contribution < 1.29 is 17.7 Å². The van der Waals surface area contributed by atoms with Gasteiger partial charge in [-0.15, -0.1) is 0 Å². The summed E-state index contributed by atoms with van der Waals surface area (Å²) < 4.78 is 35.3. The Hall–Kier alpha value is -0.340. The predicted octanol–water partition coefficient (Wildman–Crippen LogP) is 1.56. The van der Waals surface area contributed by atoms with Gasteiger partial charge >= 0.3 is 0 Å². The van der Waals surface area contributed by atoms with Crippen LogP contribution < -0.4 is 4.74 Å². The maximum Gasteiger partial charge on any atom is 0.268 e. The summed E-state index contributed by atoms with van der Waals surface area (Å²) in [6.07, 6.45) is 0. The van der Waals surface area contributed by atoms with E-state index in [-0.39, 0.29) is 12.4 Å². The molecule has 0 fully saturated rings. The van der Waals surface area contributed by atoms with Gasteiger partial charge in [0.1, 0.15) is 18.1 Å². The van der Waals surface area contributed by atoms with Gasteiger partial charge in [0.05, 0.1) is 0 Å². The van der Waals surface area contributed by atoms with E-state index in [0.29, 0.717) is 5.75 Å². The number of ether oxygens (including phenoxy) is 1. The molecule has 0 spiro atoms. The lowest BCUT2D eigenvalue weighted by Gasteiger charge is -2.04. The van der Waals surface area contributed by atoms with Gasteiger partial charge in [0.25, 0.3) is 10.1 Å². The quantitative estimate of drug-likeness (QED) is 0.673. The van der Waals surface area contributed by atoms with Crippen LogP contribution in [0.1, 0.15) is 0 Å². The average Bonchev–Trinajstić information content (AvgIpc) is 2.06. The minimum atomic E-state index is -3.93. The number of benzene rings is 1. The number of hydrogen-bond donors (Lipinski definition) is 1. The summed E-state index contributed by atoms with van der Waals surface area (Å²) in [5.41, 5.74) is 0. The van der Waals surface area contributed by atoms with Crippen LogP contribution in [0, 0.1) is 3.57 Å². The lowest BCUT2D eigenvalue weighted by molar-refractivity contribution is 0.336. The molecule has 0 saturated heterocycles. The standard InChI is InChI=1S/C8H9IO4S/c9-7-1-3-8(4-2-7)13-5-6-14(10,11)12/h1-4H,5-6H2,(H,10,11,12). The van der Waals surface area contributed by atoms with Crippen LogP contribution in [0.2, 0.25) is 0 Å². The van der Waals surface area contributed by atoms with E-state index in [9.17, 15) is 8.42 Å². The second-order valence-corrected chi connectivity index (χ2v) is 5.41. The minimum Gasteiger partial charge on any atom is -0.492 e. The van der Waals surface area contributed by atoms with Crippen molar-refractivity contribution in [3.63, 3.8) is 0 Å². The summed E-state index contributed by atoms with van der Waals surface area (Å²) in [7, 11) is -3.93. The van der Waals surface area contributed by atoms with Crippen LogP contribution in [0.15, 0.2) is 24.3 Å². The first-order valence-corrected chi connectivity index (χ1v) is 6.50. The number of halogens is 1. The number of hydrogen-bond acceptors (Lipinski definition) is 3. The SMILES string of the molecule is O=S(=O)(O)CCOc1ccc(I)cc1. The van der Waals surface area contributed by atoms with Crippen molar-refractivity contribution in [2.75, 3.05) is 12.4 Å². The van der Waals surface area contributed by atoms with E-state index < -0.39 is 10.1 Å². The van der Waals surface area contributed by atoms with Crippen LogP contribution in [-0.2, 0) is 10.1 Å². The normalized spacial score (nSPS) is 11.3. The molecule has 1 N–H and O–H groups in total. The maximum atomic E-state index is 10.3. The first kappa shape index (κ1) is 11.7. The second-order valence-electron chi connectivity index (χ2n) is 2.59. The molecule has 0 aliphatic rings. The van der Waals surface area contributed by atoms with Gasteiger partial charge in [-0.3, -0.25) is 4.55 Å². The Balaban J connectivity index is 2.43. The third-order valence-corrected chi connectivity index (χ3v) is 2.83. The fourth-order valence-corrected chi connectivity index (χ4v) is 1.45. The molecule has 0 aliphatic heterocycles. The highest BCUT2D eigenvalue weighted by molar-refractivity contribution is 14.1. The van der Waals surface area contributed by atoms with E-state index in [4.69, 9.17) is 9.29 Å². The summed E-state index contributed by atoms with van der Waals surface area (Å²) in [6.45, 7) is -0.0422. The molecule has 0 heterocycles. The molecule has 1 rings (SSSR count). The summed E-state index contributed by atoms with van der Waals surface area (Å²) in [5.74, 6) is 0.202. The Kier molecular flexibility index (Phi) is 4.14. The smallest absolute Gasteiger partial charge is 0.268 e. The van der Waals surface area contributed by atoms with Gasteiger partial charge < -0.3 is 4.74 Å². The van der Waals surface area contributed by atoms with Gasteiger partial charge in [0.15, 0.2) is 0 Å². The van der Waals surface area contributed by atoms with Crippen LogP contribution in [0.4, 0.5) is 0 Å². The first-order chi connectivity index (χ1) is 6.47. The molecule has 1 aromatic rings. The van der Waals surface area contributed by atoms with E-state index in [1.807, 2.05) is 12.1 Å². The van der Waals surface area contributed by atoms with Crippen LogP contribution in [0.3, 0.4) is 0 Å². The van der Waals surface area contributed by atoms with E-state index in [1.54, 1.807) is 12.1 Å². The van der Waals surface area contributed by atoms with Crippen molar-refractivity contribution in [2.24, 2.45) is 0 Å². The first-order valence-electron chi connectivity index (χ1n) is 3.81. The van der Waals surface area contributed by atoms with E-state index in [0.717, 1.165) is 3.57 Å². The fraction of sp³-hybridized carbons (Fsp3) is 0.250. The largest absolute Gasteiger partial charge is 0.492 e. The third kappa shape index (κ3) is 4.77. The topological polar surface area (TPSA) is 63.6 Å². The Morgan fingerprint density at radius 2 is 1.86 bits per heavy atom. The molecule has 0 saturated carbocycles. The molecular weight excluding hydrogens is 319 g/mol. The Morgan fingerprint density at radius 3 is 2.36 bits per heavy atom. The Labute approximate surface area is 96.2 Å². The maximum absolute atomic E-state index is 10.3. The van der Waals surface area contributed by atoms with Gasteiger partial charge in [-0.25, -0.2) is 0 Å². The molecule has 0 unspecified atom stereocenters. The zero-order valence-electron chi connectivity index (χ0n) is 7.18.